The Morgan fingerprint density at radius 3 is 2.66 bits per heavy atom. The molecule has 35 heavy (non-hydrogen) atoms. The molecule has 0 atom stereocenters. The monoisotopic (exact) mass is 477 g/mol. The largest absolute Gasteiger partial charge is 0.490 e. The normalized spacial score (nSPS) is 14.4. The first-order valence-corrected chi connectivity index (χ1v) is 11.8. The van der Waals surface area contributed by atoms with Gasteiger partial charge in [0.1, 0.15) is 17.7 Å². The number of piperidine rings is 1. The summed E-state index contributed by atoms with van der Waals surface area (Å²) in [7, 11) is 0. The first-order chi connectivity index (χ1) is 17.1. The van der Waals surface area contributed by atoms with E-state index in [2.05, 4.69) is 25.6 Å². The number of carboxylic acids is 1. The number of benzene rings is 1. The molecular formula is C25H31N7O3. The summed E-state index contributed by atoms with van der Waals surface area (Å²) in [6.45, 7) is 2.90. The molecule has 1 aliphatic rings. The molecule has 4 rings (SSSR count). The van der Waals surface area contributed by atoms with Crippen molar-refractivity contribution in [3.8, 4) is 16.9 Å². The summed E-state index contributed by atoms with van der Waals surface area (Å²) in [4.78, 5) is 26.0. The van der Waals surface area contributed by atoms with Gasteiger partial charge in [0, 0.05) is 55.5 Å². The lowest BCUT2D eigenvalue weighted by Gasteiger charge is -2.31. The van der Waals surface area contributed by atoms with Gasteiger partial charge in [-0.25, -0.2) is 15.0 Å². The van der Waals surface area contributed by atoms with Gasteiger partial charge in [-0.3, -0.25) is 9.69 Å². The maximum absolute atomic E-state index is 10.9. The molecule has 3 aromatic rings. The Hall–Kier alpha value is -3.76. The minimum atomic E-state index is -0.791. The zero-order chi connectivity index (χ0) is 24.5. The van der Waals surface area contributed by atoms with Crippen LogP contribution in [-0.2, 0) is 4.79 Å². The molecule has 5 N–H and O–H groups in total. The Labute approximate surface area is 204 Å². The number of carbonyl (C=O) groups is 1. The second-order valence-electron chi connectivity index (χ2n) is 8.43. The molecule has 1 aliphatic heterocycles. The smallest absolute Gasteiger partial charge is 0.317 e. The number of pyridine rings is 1. The number of aromatic nitrogens is 3. The van der Waals surface area contributed by atoms with E-state index in [4.69, 9.17) is 15.6 Å². The maximum Gasteiger partial charge on any atom is 0.317 e. The lowest BCUT2D eigenvalue weighted by molar-refractivity contribution is -0.138. The molecule has 3 heterocycles. The summed E-state index contributed by atoms with van der Waals surface area (Å²) < 4.78 is 6.16. The van der Waals surface area contributed by atoms with Crippen molar-refractivity contribution in [1.29, 1.82) is 0 Å². The molecule has 1 fully saturated rings. The molecule has 0 spiro atoms. The Morgan fingerprint density at radius 2 is 1.91 bits per heavy atom. The molecule has 0 aliphatic carbocycles. The number of likely N-dealkylation sites (tertiary alicyclic amines) is 1. The van der Waals surface area contributed by atoms with Crippen LogP contribution < -0.4 is 21.1 Å². The highest BCUT2D eigenvalue weighted by atomic mass is 16.5. The number of nitrogens with two attached hydrogens (primary N) is 1. The average Bonchev–Trinajstić information content (AvgIpc) is 2.86. The third-order valence-corrected chi connectivity index (χ3v) is 5.71. The zero-order valence-corrected chi connectivity index (χ0v) is 19.6. The fraction of sp³-hybridized carbons (Fsp3) is 0.360. The number of rotatable bonds is 11. The van der Waals surface area contributed by atoms with Crippen molar-refractivity contribution in [1.82, 2.24) is 19.9 Å². The molecule has 0 bridgehead atoms. The third kappa shape index (κ3) is 7.36. The average molecular weight is 478 g/mol. The number of hydrogen-bond acceptors (Lipinski definition) is 9. The van der Waals surface area contributed by atoms with Crippen LogP contribution in [0.2, 0.25) is 0 Å². The second kappa shape index (κ2) is 12.1. The van der Waals surface area contributed by atoms with Gasteiger partial charge in [-0.05, 0) is 55.6 Å². The summed E-state index contributed by atoms with van der Waals surface area (Å²) in [5.41, 5.74) is 8.23. The van der Waals surface area contributed by atoms with Crippen molar-refractivity contribution >= 4 is 23.4 Å². The number of nitrogens with zero attached hydrogens (tertiary/aromatic N) is 4. The van der Waals surface area contributed by atoms with Crippen LogP contribution in [0, 0.1) is 0 Å². The maximum atomic E-state index is 10.9. The number of aliphatic carboxylic acids is 1. The van der Waals surface area contributed by atoms with E-state index in [9.17, 15) is 4.79 Å². The van der Waals surface area contributed by atoms with Gasteiger partial charge < -0.3 is 26.2 Å². The quantitative estimate of drug-likeness (QED) is 0.305. The van der Waals surface area contributed by atoms with Crippen molar-refractivity contribution in [3.05, 3.63) is 55.0 Å². The molecule has 0 amide bonds. The minimum Gasteiger partial charge on any atom is -0.490 e. The van der Waals surface area contributed by atoms with Crippen LogP contribution in [0.4, 0.5) is 17.5 Å². The molecular weight excluding hydrogens is 446 g/mol. The van der Waals surface area contributed by atoms with Gasteiger partial charge in [-0.15, -0.1) is 0 Å². The number of nitrogens with one attached hydrogen (secondary N) is 2. The molecule has 1 saturated heterocycles. The van der Waals surface area contributed by atoms with Gasteiger partial charge in [0.2, 0.25) is 5.95 Å². The molecule has 0 unspecified atom stereocenters. The van der Waals surface area contributed by atoms with E-state index in [1.54, 1.807) is 18.6 Å². The third-order valence-electron chi connectivity index (χ3n) is 5.71. The Balaban J connectivity index is 1.35. The van der Waals surface area contributed by atoms with Crippen molar-refractivity contribution in [2.24, 2.45) is 5.73 Å². The van der Waals surface area contributed by atoms with Gasteiger partial charge >= 0.3 is 5.97 Å². The summed E-state index contributed by atoms with van der Waals surface area (Å²) in [5, 5.41) is 15.4. The Bertz CT molecular complexity index is 1100. The first kappa shape index (κ1) is 24.4. The summed E-state index contributed by atoms with van der Waals surface area (Å²) in [6, 6.07) is 11.6. The SMILES string of the molecule is NCCCNc1ncc(-c2ccnc(Nc3cccc(OC4CCN(CC(=O)O)CC4)c3)c2)cn1. The predicted molar refractivity (Wildman–Crippen MR) is 135 cm³/mol. The topological polar surface area (TPSA) is 139 Å². The van der Waals surface area contributed by atoms with E-state index in [0.29, 0.717) is 18.3 Å². The predicted octanol–water partition coefficient (Wildman–Crippen LogP) is 2.97. The molecule has 10 nitrogen and oxygen atoms in total. The lowest BCUT2D eigenvalue weighted by atomic mass is 10.1. The van der Waals surface area contributed by atoms with Crippen LogP contribution in [0.15, 0.2) is 55.0 Å². The van der Waals surface area contributed by atoms with Gasteiger partial charge in [-0.2, -0.15) is 0 Å². The second-order valence-corrected chi connectivity index (χ2v) is 8.43. The van der Waals surface area contributed by atoms with Gasteiger partial charge in [0.05, 0.1) is 6.54 Å². The number of anilines is 3. The van der Waals surface area contributed by atoms with Crippen LogP contribution >= 0.6 is 0 Å². The van der Waals surface area contributed by atoms with Crippen LogP contribution in [0.25, 0.3) is 11.1 Å². The zero-order valence-electron chi connectivity index (χ0n) is 19.6. The van der Waals surface area contributed by atoms with Crippen LogP contribution in [-0.4, -0.2) is 69.8 Å². The molecule has 184 valence electrons. The first-order valence-electron chi connectivity index (χ1n) is 11.8. The van der Waals surface area contributed by atoms with Crippen molar-refractivity contribution in [3.63, 3.8) is 0 Å². The van der Waals surface area contributed by atoms with E-state index < -0.39 is 5.97 Å². The number of carboxylic acid groups (broad SMARTS) is 1. The Kier molecular flexibility index (Phi) is 8.42. The van der Waals surface area contributed by atoms with Gasteiger partial charge in [0.25, 0.3) is 0 Å². The van der Waals surface area contributed by atoms with E-state index in [-0.39, 0.29) is 12.6 Å². The highest BCUT2D eigenvalue weighted by molar-refractivity contribution is 5.69. The minimum absolute atomic E-state index is 0.0736. The Morgan fingerprint density at radius 1 is 1.11 bits per heavy atom. The summed E-state index contributed by atoms with van der Waals surface area (Å²) in [6.07, 6.45) is 7.86. The fourth-order valence-electron chi connectivity index (χ4n) is 3.91. The fourth-order valence-corrected chi connectivity index (χ4v) is 3.91. The standard InChI is InChI=1S/C25H31N7O3/c26-8-2-9-28-25-29-15-19(16-30-25)18-5-10-27-23(13-18)31-20-3-1-4-22(14-20)35-21-6-11-32(12-7-21)17-24(33)34/h1,3-5,10,13-16,21H,2,6-9,11-12,17,26H2,(H,27,31)(H,33,34)(H,28,29,30). The van der Waals surface area contributed by atoms with E-state index in [0.717, 1.165) is 61.5 Å². The molecule has 0 saturated carbocycles. The van der Waals surface area contributed by atoms with Crippen LogP contribution in [0.3, 0.4) is 0 Å². The van der Waals surface area contributed by atoms with Crippen LogP contribution in [0.5, 0.6) is 5.75 Å². The van der Waals surface area contributed by atoms with Crippen molar-refractivity contribution in [2.45, 2.75) is 25.4 Å². The molecule has 2 aromatic heterocycles. The molecule has 0 radical (unpaired) electrons. The molecule has 1 aromatic carbocycles. The van der Waals surface area contributed by atoms with Crippen LogP contribution in [0.1, 0.15) is 19.3 Å². The highest BCUT2D eigenvalue weighted by Crippen LogP contribution is 2.26. The molecule has 10 heteroatoms. The van der Waals surface area contributed by atoms with Gasteiger partial charge in [-0.1, -0.05) is 6.07 Å². The number of ether oxygens (including phenoxy) is 1. The van der Waals surface area contributed by atoms with Crippen molar-refractivity contribution < 1.29 is 14.6 Å². The van der Waals surface area contributed by atoms with E-state index in [1.807, 2.05) is 41.3 Å². The summed E-state index contributed by atoms with van der Waals surface area (Å²) in [5.74, 6) is 1.26. The van der Waals surface area contributed by atoms with E-state index >= 15 is 0 Å². The summed E-state index contributed by atoms with van der Waals surface area (Å²) >= 11 is 0. The van der Waals surface area contributed by atoms with Gasteiger partial charge in [0.15, 0.2) is 0 Å². The lowest BCUT2D eigenvalue weighted by Crippen LogP contribution is -2.40. The number of hydrogen-bond donors (Lipinski definition) is 4. The van der Waals surface area contributed by atoms with Crippen molar-refractivity contribution in [2.75, 3.05) is 43.4 Å². The van der Waals surface area contributed by atoms with E-state index in [1.165, 1.54) is 0 Å². The highest BCUT2D eigenvalue weighted by Gasteiger charge is 2.22.